The zero-order valence-corrected chi connectivity index (χ0v) is 16.7. The van der Waals surface area contributed by atoms with Gasteiger partial charge in [-0.3, -0.25) is 9.59 Å². The molecule has 29 heavy (non-hydrogen) atoms. The summed E-state index contributed by atoms with van der Waals surface area (Å²) in [6.07, 6.45) is 3.91. The van der Waals surface area contributed by atoms with Crippen LogP contribution in [0.2, 0.25) is 0 Å². The van der Waals surface area contributed by atoms with Crippen LogP contribution < -0.4 is 4.90 Å². The number of hydrogen-bond acceptors (Lipinski definition) is 5. The largest absolute Gasteiger partial charge is 0.378 e. The summed E-state index contributed by atoms with van der Waals surface area (Å²) in [6, 6.07) is 15.3. The van der Waals surface area contributed by atoms with E-state index < -0.39 is 21.6 Å². The van der Waals surface area contributed by atoms with Crippen molar-refractivity contribution in [3.63, 3.8) is 0 Å². The van der Waals surface area contributed by atoms with Crippen LogP contribution in [0, 0.1) is 0 Å². The van der Waals surface area contributed by atoms with Crippen LogP contribution in [0.4, 0.5) is 5.69 Å². The van der Waals surface area contributed by atoms with Crippen LogP contribution in [0.3, 0.4) is 0 Å². The second-order valence-electron chi connectivity index (χ2n) is 6.88. The van der Waals surface area contributed by atoms with Gasteiger partial charge in [0.1, 0.15) is 0 Å². The lowest BCUT2D eigenvalue weighted by Crippen LogP contribution is -2.19. The highest BCUT2D eigenvalue weighted by Crippen LogP contribution is 2.35. The quantitative estimate of drug-likeness (QED) is 0.622. The molecule has 0 saturated carbocycles. The van der Waals surface area contributed by atoms with Crippen LogP contribution in [0.5, 0.6) is 0 Å². The van der Waals surface area contributed by atoms with E-state index in [0.29, 0.717) is 11.1 Å². The minimum atomic E-state index is -3.94. The summed E-state index contributed by atoms with van der Waals surface area (Å²) in [4.78, 5) is 26.7. The molecule has 0 atom stereocenters. The lowest BCUT2D eigenvalue weighted by Gasteiger charge is -2.13. The van der Waals surface area contributed by atoms with Crippen molar-refractivity contribution in [2.75, 3.05) is 19.0 Å². The van der Waals surface area contributed by atoms with Gasteiger partial charge in [0.25, 0.3) is 10.0 Å². The molecule has 1 aliphatic rings. The number of Topliss-reactive ketones (excluding diaryl/α,β-unsaturated/α-hetero) is 1. The molecule has 1 aliphatic carbocycles. The number of carbonyl (C=O) groups is 2. The highest BCUT2D eigenvalue weighted by atomic mass is 32.2. The lowest BCUT2D eigenvalue weighted by atomic mass is 9.94. The average molecular weight is 406 g/mol. The number of nitrogens with zero attached hydrogens (tertiary/aromatic N) is 2. The molecule has 0 aliphatic heterocycles. The van der Waals surface area contributed by atoms with E-state index in [1.165, 1.54) is 24.4 Å². The van der Waals surface area contributed by atoms with Gasteiger partial charge in [-0.2, -0.15) is 0 Å². The summed E-state index contributed by atoms with van der Waals surface area (Å²) < 4.78 is 27.5. The number of carbonyl (C=O) groups excluding carboxylic acids is 2. The third kappa shape index (κ3) is 3.09. The highest BCUT2D eigenvalue weighted by Gasteiger charge is 2.32. The summed E-state index contributed by atoms with van der Waals surface area (Å²) in [5.74, 6) is -1.38. The molecule has 1 aromatic heterocycles. The van der Waals surface area contributed by atoms with Gasteiger partial charge in [0.05, 0.1) is 16.2 Å². The topological polar surface area (TPSA) is 76.5 Å². The van der Waals surface area contributed by atoms with Gasteiger partial charge >= 0.3 is 0 Å². The van der Waals surface area contributed by atoms with Gasteiger partial charge in [0.15, 0.2) is 0 Å². The minimum Gasteiger partial charge on any atom is -0.378 e. The fraction of sp³-hybridized carbons (Fsp3) is 0.0909. The second kappa shape index (κ2) is 6.86. The maximum Gasteiger partial charge on any atom is 0.268 e. The second-order valence-corrected chi connectivity index (χ2v) is 8.70. The first-order valence-electron chi connectivity index (χ1n) is 8.91. The molecule has 146 valence electrons. The van der Waals surface area contributed by atoms with E-state index in [4.69, 9.17) is 0 Å². The Morgan fingerprint density at radius 2 is 1.52 bits per heavy atom. The molecule has 2 aromatic carbocycles. The number of rotatable bonds is 4. The van der Waals surface area contributed by atoms with Crippen LogP contribution in [0.25, 0.3) is 17.2 Å². The van der Waals surface area contributed by atoms with E-state index in [2.05, 4.69) is 0 Å². The van der Waals surface area contributed by atoms with Crippen LogP contribution >= 0.6 is 0 Å². The van der Waals surface area contributed by atoms with Crippen LogP contribution in [0.1, 0.15) is 16.1 Å². The normalized spacial score (nSPS) is 13.4. The zero-order valence-electron chi connectivity index (χ0n) is 15.9. The van der Waals surface area contributed by atoms with Crippen molar-refractivity contribution in [3.05, 3.63) is 78.1 Å². The van der Waals surface area contributed by atoms with E-state index in [0.717, 1.165) is 15.7 Å². The van der Waals surface area contributed by atoms with Crippen molar-refractivity contribution in [1.82, 2.24) is 3.97 Å². The summed E-state index contributed by atoms with van der Waals surface area (Å²) in [5, 5.41) is 0. The van der Waals surface area contributed by atoms with Gasteiger partial charge in [-0.1, -0.05) is 30.3 Å². The number of fused-ring (bicyclic) bond motifs is 1. The molecule has 0 fully saturated rings. The fourth-order valence-corrected chi connectivity index (χ4v) is 4.69. The predicted molar refractivity (Wildman–Crippen MR) is 112 cm³/mol. The fourth-order valence-electron chi connectivity index (χ4n) is 3.31. The standard InChI is InChI=1S/C22H18N2O4S/c1-23(2)16-10-8-15(9-11-16)18-14-24(19-12-13-20(25)22(26)21(18)19)29(27,28)17-6-4-3-5-7-17/h3-14H,1-2H3. The molecule has 0 bridgehead atoms. The van der Waals surface area contributed by atoms with E-state index in [9.17, 15) is 18.0 Å². The Morgan fingerprint density at radius 3 is 2.14 bits per heavy atom. The molecule has 3 aromatic rings. The molecule has 4 rings (SSSR count). The van der Waals surface area contributed by atoms with Crippen LogP contribution in [0.15, 0.2) is 71.8 Å². The van der Waals surface area contributed by atoms with E-state index >= 15 is 0 Å². The Kier molecular flexibility index (Phi) is 4.47. The molecule has 0 amide bonds. The molecule has 0 N–H and O–H groups in total. The molecule has 0 spiro atoms. The molecule has 0 unspecified atom stereocenters. The average Bonchev–Trinajstić information content (AvgIpc) is 3.12. The number of anilines is 1. The monoisotopic (exact) mass is 406 g/mol. The number of allylic oxidation sites excluding steroid dienone is 1. The Morgan fingerprint density at radius 1 is 0.862 bits per heavy atom. The SMILES string of the molecule is CN(C)c1ccc(-c2cn(S(=O)(=O)c3ccccc3)c3c2C(=O)C(=O)C=C3)cc1. The number of aromatic nitrogens is 1. The van der Waals surface area contributed by atoms with Crippen molar-refractivity contribution in [3.8, 4) is 11.1 Å². The Labute approximate surface area is 168 Å². The van der Waals surface area contributed by atoms with E-state index in [-0.39, 0.29) is 16.2 Å². The van der Waals surface area contributed by atoms with Gasteiger partial charge in [-0.25, -0.2) is 12.4 Å². The number of benzene rings is 2. The maximum atomic E-state index is 13.2. The summed E-state index contributed by atoms with van der Waals surface area (Å²) in [5.41, 5.74) is 2.32. The van der Waals surface area contributed by atoms with Crippen LogP contribution in [-0.2, 0) is 14.8 Å². The molecule has 0 radical (unpaired) electrons. The third-order valence-electron chi connectivity index (χ3n) is 4.85. The zero-order chi connectivity index (χ0) is 20.8. The first kappa shape index (κ1) is 18.9. The van der Waals surface area contributed by atoms with Gasteiger partial charge in [-0.05, 0) is 42.0 Å². The van der Waals surface area contributed by atoms with Crippen molar-refractivity contribution in [1.29, 1.82) is 0 Å². The molecule has 7 heteroatoms. The lowest BCUT2D eigenvalue weighted by molar-refractivity contribution is -0.110. The maximum absolute atomic E-state index is 13.2. The molecule has 6 nitrogen and oxygen atoms in total. The molecular weight excluding hydrogens is 388 g/mol. The summed E-state index contributed by atoms with van der Waals surface area (Å²) >= 11 is 0. The number of ketones is 2. The predicted octanol–water partition coefficient (Wildman–Crippen LogP) is 3.24. The third-order valence-corrected chi connectivity index (χ3v) is 6.54. The Bertz CT molecular complexity index is 1250. The van der Waals surface area contributed by atoms with Crippen molar-refractivity contribution in [2.24, 2.45) is 0 Å². The van der Waals surface area contributed by atoms with Crippen LogP contribution in [-0.4, -0.2) is 38.1 Å². The smallest absolute Gasteiger partial charge is 0.268 e. The van der Waals surface area contributed by atoms with Gasteiger partial charge in [-0.15, -0.1) is 0 Å². The van der Waals surface area contributed by atoms with Crippen molar-refractivity contribution in [2.45, 2.75) is 4.90 Å². The van der Waals surface area contributed by atoms with E-state index in [1.54, 1.807) is 30.3 Å². The first-order valence-corrected chi connectivity index (χ1v) is 10.3. The van der Waals surface area contributed by atoms with Crippen molar-refractivity contribution < 1.29 is 18.0 Å². The highest BCUT2D eigenvalue weighted by molar-refractivity contribution is 7.90. The first-order chi connectivity index (χ1) is 13.8. The molecule has 1 heterocycles. The Hall–Kier alpha value is -3.45. The summed E-state index contributed by atoms with van der Waals surface area (Å²) in [6.45, 7) is 0. The van der Waals surface area contributed by atoms with Crippen molar-refractivity contribution >= 4 is 33.4 Å². The van der Waals surface area contributed by atoms with Gasteiger partial charge in [0.2, 0.25) is 11.6 Å². The molecular formula is C22H18N2O4S. The summed E-state index contributed by atoms with van der Waals surface area (Å²) in [7, 11) is -0.117. The molecule has 0 saturated heterocycles. The number of hydrogen-bond donors (Lipinski definition) is 0. The minimum absolute atomic E-state index is 0.102. The van der Waals surface area contributed by atoms with Gasteiger partial charge in [0, 0.05) is 31.5 Å². The van der Waals surface area contributed by atoms with E-state index in [1.807, 2.05) is 31.1 Å². The Balaban J connectivity index is 1.96. The van der Waals surface area contributed by atoms with Gasteiger partial charge < -0.3 is 4.90 Å².